The van der Waals surface area contributed by atoms with Gasteiger partial charge in [0.2, 0.25) is 5.91 Å². The van der Waals surface area contributed by atoms with Crippen LogP contribution in [-0.2, 0) is 11.3 Å². The number of carbonyl (C=O) groups excluding carboxylic acids is 1. The largest absolute Gasteiger partial charge is 0.383 e. The van der Waals surface area contributed by atoms with Crippen molar-refractivity contribution in [3.05, 3.63) is 41.1 Å². The first-order valence-corrected chi connectivity index (χ1v) is 11.1. The van der Waals surface area contributed by atoms with E-state index in [9.17, 15) is 9.18 Å². The molecule has 12 heteroatoms. The summed E-state index contributed by atoms with van der Waals surface area (Å²) in [6.07, 6.45) is 1.36. The lowest BCUT2D eigenvalue weighted by molar-refractivity contribution is -0.134. The number of nitrogens with one attached hydrogen (secondary N) is 1. The fraction of sp³-hybridized carbons (Fsp3) is 0.381. The number of benzene rings is 1. The molecule has 0 spiro atoms. The second kappa shape index (κ2) is 8.47. The molecule has 1 amide bonds. The van der Waals surface area contributed by atoms with Crippen LogP contribution in [0.3, 0.4) is 0 Å². The van der Waals surface area contributed by atoms with Crippen molar-refractivity contribution >= 4 is 45.9 Å². The molecule has 2 aliphatic heterocycles. The number of amidine groups is 1. The predicted octanol–water partition coefficient (Wildman–Crippen LogP) is 1.29. The molecule has 1 aromatic carbocycles. The summed E-state index contributed by atoms with van der Waals surface area (Å²) in [6, 6.07) is 4.52. The van der Waals surface area contributed by atoms with Gasteiger partial charge in [0.25, 0.3) is 0 Å². The Kier molecular flexibility index (Phi) is 5.49. The zero-order valence-corrected chi connectivity index (χ0v) is 18.8. The van der Waals surface area contributed by atoms with Gasteiger partial charge in [0.05, 0.1) is 17.6 Å². The maximum Gasteiger partial charge on any atom is 0.244 e. The van der Waals surface area contributed by atoms with E-state index in [0.717, 1.165) is 0 Å². The molecule has 0 radical (unpaired) electrons. The number of hydrogen-bond acceptors (Lipinski definition) is 8. The average molecular weight is 472 g/mol. The molecule has 172 valence electrons. The van der Waals surface area contributed by atoms with Gasteiger partial charge in [-0.1, -0.05) is 11.6 Å². The van der Waals surface area contributed by atoms with E-state index in [1.165, 1.54) is 12.4 Å². The Hall–Kier alpha value is -3.47. The number of nitrogens with zero attached hydrogens (tertiary/aromatic N) is 7. The van der Waals surface area contributed by atoms with Crippen LogP contribution in [0, 0.1) is 5.82 Å². The second-order valence-electron chi connectivity index (χ2n) is 8.10. The Bertz CT molecular complexity index is 1260. The number of amides is 1. The number of carbonyl (C=O) groups is 1. The van der Waals surface area contributed by atoms with Gasteiger partial charge in [-0.05, 0) is 25.1 Å². The second-order valence-corrected chi connectivity index (χ2v) is 8.54. The van der Waals surface area contributed by atoms with Gasteiger partial charge in [-0.3, -0.25) is 9.79 Å². The monoisotopic (exact) mass is 471 g/mol. The summed E-state index contributed by atoms with van der Waals surface area (Å²) in [5.74, 6) is 0.440. The fourth-order valence-electron chi connectivity index (χ4n) is 4.37. The third-order valence-corrected chi connectivity index (χ3v) is 6.18. The summed E-state index contributed by atoms with van der Waals surface area (Å²) in [6.45, 7) is 4.78. The molecule has 2 aromatic heterocycles. The van der Waals surface area contributed by atoms with Gasteiger partial charge < -0.3 is 20.9 Å². The molecule has 10 nitrogen and oxygen atoms in total. The van der Waals surface area contributed by atoms with Crippen molar-refractivity contribution in [2.45, 2.75) is 19.5 Å². The van der Waals surface area contributed by atoms with Gasteiger partial charge in [0, 0.05) is 37.2 Å². The lowest BCUT2D eigenvalue weighted by atomic mass is 10.1. The van der Waals surface area contributed by atoms with Gasteiger partial charge in [0.15, 0.2) is 5.65 Å². The smallest absolute Gasteiger partial charge is 0.244 e. The van der Waals surface area contributed by atoms with Crippen LogP contribution in [-0.4, -0.2) is 75.2 Å². The molecule has 5 rings (SSSR count). The highest BCUT2D eigenvalue weighted by Crippen LogP contribution is 2.26. The quantitative estimate of drug-likeness (QED) is 0.588. The Morgan fingerprint density at radius 2 is 2.18 bits per heavy atom. The number of anilines is 2. The molecule has 0 unspecified atom stereocenters. The van der Waals surface area contributed by atoms with E-state index >= 15 is 0 Å². The van der Waals surface area contributed by atoms with Crippen LogP contribution in [0.25, 0.3) is 11.0 Å². The predicted molar refractivity (Wildman–Crippen MR) is 124 cm³/mol. The molecule has 4 heterocycles. The summed E-state index contributed by atoms with van der Waals surface area (Å²) in [5, 5.41) is 8.71. The van der Waals surface area contributed by atoms with E-state index < -0.39 is 0 Å². The van der Waals surface area contributed by atoms with Crippen LogP contribution < -0.4 is 16.0 Å². The van der Waals surface area contributed by atoms with Crippen LogP contribution >= 0.6 is 11.6 Å². The lowest BCUT2D eigenvalue weighted by Gasteiger charge is -2.41. The number of hydrogen-bond donors (Lipinski definition) is 2. The van der Waals surface area contributed by atoms with Crippen LogP contribution in [0.15, 0.2) is 29.5 Å². The maximum atomic E-state index is 14.4. The Morgan fingerprint density at radius 1 is 1.33 bits per heavy atom. The standard InChI is InChI=1S/C21H23ClFN9O/c1-12-9-30(15-3-2-13(22)8-14(15)23)6-7-31(12)16(33)10-32-21-17(19(24)27-11-28-21)18(29-32)20-25-4-5-26-20/h2-3,8,11-12H,4-7,9-10H2,1H3,(H,25,26)(H2,24,27,28)/t12-/m0/s1. The zero-order chi connectivity index (χ0) is 23.1. The third kappa shape index (κ3) is 3.92. The fourth-order valence-corrected chi connectivity index (χ4v) is 4.53. The van der Waals surface area contributed by atoms with Crippen LogP contribution in [0.1, 0.15) is 12.6 Å². The summed E-state index contributed by atoms with van der Waals surface area (Å²) >= 11 is 5.87. The summed E-state index contributed by atoms with van der Waals surface area (Å²) in [4.78, 5) is 29.8. The molecule has 3 N–H and O–H groups in total. The van der Waals surface area contributed by atoms with Gasteiger partial charge >= 0.3 is 0 Å². The molecule has 3 aromatic rings. The molecule has 1 saturated heterocycles. The van der Waals surface area contributed by atoms with E-state index in [4.69, 9.17) is 17.3 Å². The maximum absolute atomic E-state index is 14.4. The Balaban J connectivity index is 1.36. The van der Waals surface area contributed by atoms with Crippen molar-refractivity contribution in [3.63, 3.8) is 0 Å². The molecule has 0 saturated carbocycles. The molecule has 2 aliphatic rings. The molecule has 0 aliphatic carbocycles. The summed E-state index contributed by atoms with van der Waals surface area (Å²) < 4.78 is 15.9. The van der Waals surface area contributed by atoms with Crippen molar-refractivity contribution in [2.24, 2.45) is 4.99 Å². The summed E-state index contributed by atoms with van der Waals surface area (Å²) in [7, 11) is 0. The van der Waals surface area contributed by atoms with Crippen molar-refractivity contribution in [3.8, 4) is 0 Å². The number of piperazine rings is 1. The van der Waals surface area contributed by atoms with Crippen molar-refractivity contribution in [2.75, 3.05) is 43.4 Å². The van der Waals surface area contributed by atoms with Gasteiger partial charge in [-0.15, -0.1) is 0 Å². The van der Waals surface area contributed by atoms with Crippen molar-refractivity contribution < 1.29 is 9.18 Å². The number of rotatable bonds is 4. The number of nitrogen functional groups attached to an aromatic ring is 1. The minimum atomic E-state index is -0.370. The van der Waals surface area contributed by atoms with Gasteiger partial charge in [-0.2, -0.15) is 5.10 Å². The van der Waals surface area contributed by atoms with E-state index in [2.05, 4.69) is 25.4 Å². The first-order chi connectivity index (χ1) is 15.9. The van der Waals surface area contributed by atoms with Gasteiger partial charge in [0.1, 0.15) is 36.0 Å². The first-order valence-electron chi connectivity index (χ1n) is 10.7. The topological polar surface area (TPSA) is 118 Å². The van der Waals surface area contributed by atoms with E-state index in [1.54, 1.807) is 21.7 Å². The molecule has 0 bridgehead atoms. The average Bonchev–Trinajstić information content (AvgIpc) is 3.43. The molecular weight excluding hydrogens is 449 g/mol. The normalized spacial score (nSPS) is 18.5. The Labute approximate surface area is 194 Å². The molecule has 1 atom stereocenters. The number of aromatic nitrogens is 4. The highest BCUT2D eigenvalue weighted by atomic mass is 35.5. The number of halogens is 2. The third-order valence-electron chi connectivity index (χ3n) is 5.94. The summed E-state index contributed by atoms with van der Waals surface area (Å²) in [5.41, 5.74) is 7.61. The number of aliphatic imine (C=N–C) groups is 1. The minimum Gasteiger partial charge on any atom is -0.383 e. The molecule has 33 heavy (non-hydrogen) atoms. The van der Waals surface area contributed by atoms with Gasteiger partial charge in [-0.25, -0.2) is 19.0 Å². The SMILES string of the molecule is C[C@H]1CN(c2ccc(Cl)cc2F)CCN1C(=O)Cn1nc(C2=NCCN2)c2c(N)ncnc21. The molecular formula is C21H23ClFN9O. The van der Waals surface area contributed by atoms with Crippen LogP contribution in [0.5, 0.6) is 0 Å². The van der Waals surface area contributed by atoms with E-state index in [1.807, 2.05) is 11.8 Å². The lowest BCUT2D eigenvalue weighted by Crippen LogP contribution is -2.55. The van der Waals surface area contributed by atoms with Crippen LogP contribution in [0.2, 0.25) is 5.02 Å². The minimum absolute atomic E-state index is 0.000120. The van der Waals surface area contributed by atoms with Crippen molar-refractivity contribution in [1.29, 1.82) is 0 Å². The van der Waals surface area contributed by atoms with E-state index in [-0.39, 0.29) is 30.1 Å². The Morgan fingerprint density at radius 3 is 2.91 bits per heavy atom. The highest BCUT2D eigenvalue weighted by Gasteiger charge is 2.30. The zero-order valence-electron chi connectivity index (χ0n) is 18.0. The highest BCUT2D eigenvalue weighted by molar-refractivity contribution is 6.30. The number of nitrogens with two attached hydrogens (primary N) is 1. The molecule has 1 fully saturated rings. The first kappa shape index (κ1) is 21.4. The van der Waals surface area contributed by atoms with Crippen LogP contribution in [0.4, 0.5) is 15.9 Å². The van der Waals surface area contributed by atoms with E-state index in [0.29, 0.717) is 66.0 Å². The number of fused-ring (bicyclic) bond motifs is 1. The van der Waals surface area contributed by atoms with Crippen molar-refractivity contribution in [1.82, 2.24) is 30.0 Å².